The van der Waals surface area contributed by atoms with Crippen molar-refractivity contribution in [2.24, 2.45) is 0 Å². The van der Waals surface area contributed by atoms with E-state index in [4.69, 9.17) is 4.89 Å². The van der Waals surface area contributed by atoms with E-state index in [1.165, 1.54) is 0 Å². The van der Waals surface area contributed by atoms with Crippen LogP contribution in [0.25, 0.3) is 0 Å². The van der Waals surface area contributed by atoms with Gasteiger partial charge in [0.05, 0.1) is 0 Å². The zero-order valence-corrected chi connectivity index (χ0v) is 6.51. The van der Waals surface area contributed by atoms with Crippen LogP contribution in [0.5, 0.6) is 0 Å². The van der Waals surface area contributed by atoms with Gasteiger partial charge in [0.15, 0.2) is 15.8 Å². The molecule has 0 saturated carbocycles. The van der Waals surface area contributed by atoms with Crippen molar-refractivity contribution in [3.63, 3.8) is 0 Å². The van der Waals surface area contributed by atoms with Crippen LogP contribution in [0, 0.1) is 0 Å². The van der Waals surface area contributed by atoms with Crippen molar-refractivity contribution in [1.82, 2.24) is 0 Å². The molecule has 0 aliphatic rings. The van der Waals surface area contributed by atoms with Gasteiger partial charge < -0.3 is 4.89 Å². The van der Waals surface area contributed by atoms with Crippen molar-refractivity contribution in [3.8, 4) is 0 Å². The van der Waals surface area contributed by atoms with Crippen LogP contribution in [0.2, 0.25) is 0 Å². The lowest BCUT2D eigenvalue weighted by atomic mass is 11.7. The molecular weight excluding hydrogens is 167 g/mol. The maximum Gasteiger partial charge on any atom is 0.317 e. The second kappa shape index (κ2) is 3.31. The molecule has 9 heavy (non-hydrogen) atoms. The normalized spacial score (nSPS) is 15.3. The largest absolute Gasteiger partial charge is 0.326 e. The minimum absolute atomic E-state index is 0.693. The molecule has 0 aromatic rings. The van der Waals surface area contributed by atoms with Gasteiger partial charge in [-0.15, -0.1) is 0 Å². The Morgan fingerprint density at radius 3 is 2.22 bits per heavy atom. The Morgan fingerprint density at radius 2 is 2.11 bits per heavy atom. The Kier molecular flexibility index (Phi) is 3.35. The summed E-state index contributed by atoms with van der Waals surface area (Å²) in [6.07, 6.45) is 0.914. The van der Waals surface area contributed by atoms with E-state index in [1.54, 1.807) is 0 Å². The highest BCUT2D eigenvalue weighted by molar-refractivity contribution is 7.90. The predicted molar refractivity (Wildman–Crippen MR) is 32.0 cm³/mol. The van der Waals surface area contributed by atoms with Crippen LogP contribution in [0.15, 0.2) is 0 Å². The Balaban J connectivity index is 3.67. The molecule has 0 saturated heterocycles. The van der Waals surface area contributed by atoms with E-state index in [1.807, 2.05) is 0 Å². The van der Waals surface area contributed by atoms with Gasteiger partial charge in [-0.3, -0.25) is 9.09 Å². The maximum atomic E-state index is 10.2. The smallest absolute Gasteiger partial charge is 0.317 e. The Labute approximate surface area is 53.5 Å². The number of sulfone groups is 1. The third kappa shape index (κ3) is 8.10. The molecular formula is C2H7O5PS. The van der Waals surface area contributed by atoms with Crippen LogP contribution in [-0.4, -0.2) is 25.5 Å². The molecule has 0 rings (SSSR count). The van der Waals surface area contributed by atoms with E-state index < -0.39 is 24.0 Å². The Hall–Kier alpha value is 0.1000. The Morgan fingerprint density at radius 1 is 1.67 bits per heavy atom. The van der Waals surface area contributed by atoms with Crippen LogP contribution < -0.4 is 0 Å². The minimum atomic E-state index is -3.28. The van der Waals surface area contributed by atoms with Gasteiger partial charge in [0, 0.05) is 6.26 Å². The quantitative estimate of drug-likeness (QED) is 0.577. The highest BCUT2D eigenvalue weighted by Crippen LogP contribution is 2.14. The topological polar surface area (TPSA) is 80.7 Å². The van der Waals surface area contributed by atoms with E-state index in [0.717, 1.165) is 6.26 Å². The SMILES string of the molecule is CS(=O)(=O)CO[PH](=O)O. The van der Waals surface area contributed by atoms with Crippen LogP contribution in [-0.2, 0) is 18.9 Å². The van der Waals surface area contributed by atoms with Crippen molar-refractivity contribution in [3.05, 3.63) is 0 Å². The van der Waals surface area contributed by atoms with E-state index in [9.17, 15) is 13.0 Å². The van der Waals surface area contributed by atoms with Gasteiger partial charge in [-0.05, 0) is 0 Å². The first-order valence-corrected chi connectivity index (χ1v) is 5.28. The van der Waals surface area contributed by atoms with Crippen LogP contribution in [0.4, 0.5) is 0 Å². The van der Waals surface area contributed by atoms with E-state index in [2.05, 4.69) is 4.52 Å². The molecule has 1 atom stereocenters. The van der Waals surface area contributed by atoms with Crippen molar-refractivity contribution in [2.75, 3.05) is 12.2 Å². The lowest BCUT2D eigenvalue weighted by Crippen LogP contribution is -2.02. The summed E-state index contributed by atoms with van der Waals surface area (Å²) in [5.41, 5.74) is 0. The molecule has 7 heteroatoms. The highest BCUT2D eigenvalue weighted by Gasteiger charge is 2.02. The standard InChI is InChI=1S/C2H7O5PS/c1-9(5,6)2-7-8(3)4/h8H,2H2,1H3,(H,3,4). The van der Waals surface area contributed by atoms with Gasteiger partial charge in [-0.2, -0.15) is 0 Å². The molecule has 1 N–H and O–H groups in total. The van der Waals surface area contributed by atoms with E-state index in [0.29, 0.717) is 0 Å². The summed E-state index contributed by atoms with van der Waals surface area (Å²) in [4.78, 5) is 7.98. The van der Waals surface area contributed by atoms with Crippen molar-refractivity contribution in [1.29, 1.82) is 0 Å². The highest BCUT2D eigenvalue weighted by atomic mass is 32.2. The fourth-order valence-corrected chi connectivity index (χ4v) is 1.42. The lowest BCUT2D eigenvalue weighted by molar-refractivity contribution is 0.323. The lowest BCUT2D eigenvalue weighted by Gasteiger charge is -1.94. The average molecular weight is 174 g/mol. The first kappa shape index (κ1) is 9.10. The fourth-order valence-electron chi connectivity index (χ4n) is 0.157. The third-order valence-electron chi connectivity index (χ3n) is 0.396. The summed E-state index contributed by atoms with van der Waals surface area (Å²) in [6.45, 7) is 0. The van der Waals surface area contributed by atoms with E-state index in [-0.39, 0.29) is 0 Å². The van der Waals surface area contributed by atoms with E-state index >= 15 is 0 Å². The summed E-state index contributed by atoms with van der Waals surface area (Å²) in [7, 11) is -6.37. The van der Waals surface area contributed by atoms with Gasteiger partial charge in [0.1, 0.15) is 0 Å². The van der Waals surface area contributed by atoms with Crippen molar-refractivity contribution >= 4 is 18.1 Å². The van der Waals surface area contributed by atoms with Crippen LogP contribution >= 0.6 is 8.25 Å². The van der Waals surface area contributed by atoms with Crippen LogP contribution in [0.3, 0.4) is 0 Å². The first-order chi connectivity index (χ1) is 3.92. The van der Waals surface area contributed by atoms with Crippen molar-refractivity contribution < 1.29 is 22.4 Å². The monoisotopic (exact) mass is 174 g/mol. The molecule has 0 fully saturated rings. The third-order valence-corrected chi connectivity index (χ3v) is 1.54. The minimum Gasteiger partial charge on any atom is -0.326 e. The molecule has 0 heterocycles. The molecule has 0 amide bonds. The second-order valence-corrected chi connectivity index (χ2v) is 4.36. The summed E-state index contributed by atoms with van der Waals surface area (Å²) in [6, 6.07) is 0. The molecule has 56 valence electrons. The van der Waals surface area contributed by atoms with Crippen molar-refractivity contribution in [2.45, 2.75) is 0 Å². The number of hydrogen-bond donors (Lipinski definition) is 1. The van der Waals surface area contributed by atoms with Gasteiger partial charge in [0.25, 0.3) is 0 Å². The molecule has 0 bridgehead atoms. The number of hydrogen-bond acceptors (Lipinski definition) is 4. The fraction of sp³-hybridized carbons (Fsp3) is 1.00. The number of rotatable bonds is 3. The molecule has 5 nitrogen and oxygen atoms in total. The zero-order chi connectivity index (χ0) is 7.49. The summed E-state index contributed by atoms with van der Waals surface area (Å²) >= 11 is 0. The molecule has 0 aromatic heterocycles. The Bertz CT molecular complexity index is 193. The molecule has 1 unspecified atom stereocenters. The van der Waals surface area contributed by atoms with Gasteiger partial charge in [-0.25, -0.2) is 8.42 Å². The van der Waals surface area contributed by atoms with Gasteiger partial charge in [0.2, 0.25) is 0 Å². The molecule has 0 spiro atoms. The summed E-state index contributed by atoms with van der Waals surface area (Å²) in [5, 5.41) is 0. The molecule has 0 aromatic carbocycles. The molecule has 0 aliphatic carbocycles. The predicted octanol–water partition coefficient (Wildman–Crippen LogP) is -0.613. The first-order valence-electron chi connectivity index (χ1n) is 1.95. The van der Waals surface area contributed by atoms with Crippen LogP contribution in [0.1, 0.15) is 0 Å². The molecule has 0 radical (unpaired) electrons. The average Bonchev–Trinajstić information content (AvgIpc) is 1.59. The second-order valence-electron chi connectivity index (χ2n) is 1.45. The summed E-state index contributed by atoms with van der Waals surface area (Å²) < 4.78 is 34.0. The van der Waals surface area contributed by atoms with Gasteiger partial charge in [-0.1, -0.05) is 0 Å². The zero-order valence-electron chi connectivity index (χ0n) is 4.70. The van der Waals surface area contributed by atoms with Gasteiger partial charge >= 0.3 is 8.25 Å². The maximum absolute atomic E-state index is 10.2. The molecule has 0 aliphatic heterocycles. The summed E-state index contributed by atoms with van der Waals surface area (Å²) in [5.74, 6) is -0.693.